The van der Waals surface area contributed by atoms with Crippen LogP contribution in [0.1, 0.15) is 75.5 Å². The van der Waals surface area contributed by atoms with E-state index in [1.807, 2.05) is 0 Å². The van der Waals surface area contributed by atoms with Gasteiger partial charge >= 0.3 is 23.9 Å². The van der Waals surface area contributed by atoms with Crippen LogP contribution in [0, 0.1) is 5.92 Å². The number of hydrogen-bond donors (Lipinski definition) is 18. The van der Waals surface area contributed by atoms with E-state index in [4.69, 9.17) is 10.8 Å². The molecule has 0 saturated carbocycles. The van der Waals surface area contributed by atoms with Gasteiger partial charge < -0.3 is 94.1 Å². The smallest absolute Gasteiger partial charge is 0.305 e. The highest BCUT2D eigenvalue weighted by Crippen LogP contribution is 2.16. The number of carboxylic acids is 4. The van der Waals surface area contributed by atoms with Gasteiger partial charge in [0.2, 0.25) is 53.2 Å². The number of aldehydes is 1. The molecule has 11 atom stereocenters. The topological polar surface area (TPSA) is 515 Å². The molecular weight excluding hydrogens is 1190 g/mol. The van der Waals surface area contributed by atoms with Gasteiger partial charge in [-0.05, 0) is 59.7 Å². The first-order valence-corrected chi connectivity index (χ1v) is 28.3. The van der Waals surface area contributed by atoms with Crippen molar-refractivity contribution in [2.45, 2.75) is 138 Å². The Morgan fingerprint density at radius 2 is 0.820 bits per heavy atom. The van der Waals surface area contributed by atoms with Crippen LogP contribution in [0.25, 0.3) is 0 Å². The molecule has 0 unspecified atom stereocenters. The number of carbonyl (C=O) groups excluding carboxylic acids is 10. The minimum atomic E-state index is -1.90. The maximum atomic E-state index is 14.5. The van der Waals surface area contributed by atoms with Crippen molar-refractivity contribution < 1.29 is 103 Å². The van der Waals surface area contributed by atoms with Gasteiger partial charge in [-0.3, -0.25) is 62.3 Å². The molecule has 0 aromatic heterocycles. The van der Waals surface area contributed by atoms with Crippen LogP contribution < -0.4 is 53.6 Å². The van der Waals surface area contributed by atoms with Crippen molar-refractivity contribution in [2.75, 3.05) is 12.4 Å². The van der Waals surface area contributed by atoms with Crippen LogP contribution in [0.4, 0.5) is 0 Å². The Balaban J connectivity index is 2.00. The van der Waals surface area contributed by atoms with E-state index in [0.717, 1.165) is 0 Å². The Kier molecular flexibility index (Phi) is 30.7. The number of aliphatic carboxylic acids is 4. The lowest BCUT2D eigenvalue weighted by atomic mass is 9.96. The van der Waals surface area contributed by atoms with Gasteiger partial charge in [0.25, 0.3) is 0 Å². The van der Waals surface area contributed by atoms with Crippen molar-refractivity contribution in [2.24, 2.45) is 11.7 Å². The van der Waals surface area contributed by atoms with E-state index < -0.39 is 201 Å². The van der Waals surface area contributed by atoms with E-state index >= 15 is 0 Å². The summed E-state index contributed by atoms with van der Waals surface area (Å²) in [5.74, 6) is -17.3. The molecule has 3 aromatic carbocycles. The number of phenolic OH excluding ortho intramolecular Hbond substituents is 2. The number of amides is 9. The third kappa shape index (κ3) is 26.0. The predicted molar refractivity (Wildman–Crippen MR) is 314 cm³/mol. The summed E-state index contributed by atoms with van der Waals surface area (Å²) >= 11 is 4.26. The van der Waals surface area contributed by atoms with Crippen LogP contribution in [0.5, 0.6) is 11.5 Å². The van der Waals surface area contributed by atoms with Crippen LogP contribution in [-0.2, 0) is 86.4 Å². The summed E-state index contributed by atoms with van der Waals surface area (Å²) < 4.78 is 0. The lowest BCUT2D eigenvalue weighted by molar-refractivity contribution is -0.140. The number of nitrogens with two attached hydrogens (primary N) is 1. The van der Waals surface area contributed by atoms with Crippen LogP contribution in [-0.4, -0.2) is 192 Å². The lowest BCUT2D eigenvalue weighted by Crippen LogP contribution is -2.61. The average molecular weight is 1270 g/mol. The normalized spacial score (nSPS) is 14.6. The summed E-state index contributed by atoms with van der Waals surface area (Å²) in [6.45, 7) is 2.19. The third-order valence-corrected chi connectivity index (χ3v) is 13.9. The van der Waals surface area contributed by atoms with Crippen LogP contribution in [0.15, 0.2) is 78.9 Å². The first kappa shape index (κ1) is 73.6. The highest BCUT2D eigenvalue weighted by atomic mass is 32.1. The Hall–Kier alpha value is -9.69. The number of carboxylic acid groups (broad SMARTS) is 4. The zero-order valence-electron chi connectivity index (χ0n) is 48.3. The van der Waals surface area contributed by atoms with Gasteiger partial charge in [-0.15, -0.1) is 0 Å². The molecule has 0 bridgehead atoms. The number of aliphatic hydroxyl groups is 1. The highest BCUT2D eigenvalue weighted by molar-refractivity contribution is 7.80. The maximum Gasteiger partial charge on any atom is 0.305 e. The molecule has 31 nitrogen and oxygen atoms in total. The second-order valence-corrected chi connectivity index (χ2v) is 20.9. The summed E-state index contributed by atoms with van der Waals surface area (Å²) in [5, 5.41) is 88.9. The van der Waals surface area contributed by atoms with Crippen molar-refractivity contribution in [1.29, 1.82) is 0 Å². The van der Waals surface area contributed by atoms with E-state index in [-0.39, 0.29) is 36.2 Å². The summed E-state index contributed by atoms with van der Waals surface area (Å²) in [5.41, 5.74) is 6.81. The molecule has 0 aliphatic carbocycles. The second-order valence-electron chi connectivity index (χ2n) is 20.5. The number of hydrogen-bond acceptors (Lipinski definition) is 19. The van der Waals surface area contributed by atoms with Crippen molar-refractivity contribution in [1.82, 2.24) is 47.9 Å². The number of aromatic hydroxyl groups is 2. The van der Waals surface area contributed by atoms with Crippen LogP contribution >= 0.6 is 12.6 Å². The van der Waals surface area contributed by atoms with Gasteiger partial charge in [-0.25, -0.2) is 0 Å². The van der Waals surface area contributed by atoms with E-state index in [0.29, 0.717) is 17.5 Å². The molecule has 18 N–H and O–H groups in total. The van der Waals surface area contributed by atoms with Crippen molar-refractivity contribution >= 4 is 96.0 Å². The number of aliphatic hydroxyl groups excluding tert-OH is 1. The van der Waals surface area contributed by atoms with Crippen molar-refractivity contribution in [3.8, 4) is 11.5 Å². The van der Waals surface area contributed by atoms with Gasteiger partial charge in [0, 0.05) is 37.9 Å². The van der Waals surface area contributed by atoms with Gasteiger partial charge in [-0.1, -0.05) is 74.9 Å². The molecule has 3 rings (SSSR count). The Morgan fingerprint density at radius 3 is 1.20 bits per heavy atom. The zero-order valence-corrected chi connectivity index (χ0v) is 49.2. The first-order chi connectivity index (χ1) is 42.1. The molecule has 0 saturated heterocycles. The third-order valence-electron chi connectivity index (χ3n) is 13.5. The monoisotopic (exact) mass is 1270 g/mol. The number of rotatable bonds is 39. The van der Waals surface area contributed by atoms with Crippen molar-refractivity contribution in [3.63, 3.8) is 0 Å². The molecule has 9 amide bonds. The van der Waals surface area contributed by atoms with Crippen LogP contribution in [0.3, 0.4) is 0 Å². The average Bonchev–Trinajstić information content (AvgIpc) is 3.50. The molecule has 0 fully saturated rings. The molecule has 0 heterocycles. The maximum absolute atomic E-state index is 14.5. The van der Waals surface area contributed by atoms with E-state index in [2.05, 4.69) is 60.5 Å². The predicted octanol–water partition coefficient (Wildman–Crippen LogP) is -3.34. The molecule has 3 aromatic rings. The van der Waals surface area contributed by atoms with Crippen molar-refractivity contribution in [3.05, 3.63) is 95.6 Å². The quantitative estimate of drug-likeness (QED) is 0.0196. The van der Waals surface area contributed by atoms with E-state index in [1.165, 1.54) is 60.7 Å². The van der Waals surface area contributed by atoms with Crippen LogP contribution in [0.2, 0.25) is 0 Å². The molecule has 0 aliphatic rings. The molecule has 0 aliphatic heterocycles. The fourth-order valence-electron chi connectivity index (χ4n) is 8.42. The molecular formula is C57H74N10O21S. The summed E-state index contributed by atoms with van der Waals surface area (Å²) in [6.07, 6.45) is -5.31. The number of benzene rings is 3. The Labute approximate surface area is 514 Å². The zero-order chi connectivity index (χ0) is 66.5. The van der Waals surface area contributed by atoms with Gasteiger partial charge in [0.1, 0.15) is 66.1 Å². The lowest BCUT2D eigenvalue weighted by Gasteiger charge is -2.29. The standard InChI is InChI=1S/C57H74N10O21S/c1-3-29(2)48(67-49(80)36(58)25-47(78)79)57(88)64-41(23-32-11-15-35(71)16-12-32)54(85)66-43(28-89)56(87)63-40(22-31-9-13-34(70)14-10-31)52(83)61-37(17-19-44(72)73)50(81)60-38(18-20-45(74)75)51(82)62-39(21-30-7-5-4-6-8-30)53(84)65-42(27-69)55(86)59-33(26-68)24-46(76)77/h4-16,26,29,33,36-43,48,69-71,89H,3,17-25,27-28,58H2,1-2H3,(H,59,86)(H,60,81)(H,61,83)(H,62,82)(H,63,87)(H,64,88)(H,65,84)(H,66,85)(H,67,80)(H,72,73)(H,74,75)(H,76,77)(H,78,79)/t29-,33-,36-,37-,38-,39-,40-,41-,42-,43-,48-/m0/s1. The Morgan fingerprint density at radius 1 is 0.461 bits per heavy atom. The molecule has 89 heavy (non-hydrogen) atoms. The minimum Gasteiger partial charge on any atom is -0.508 e. The summed E-state index contributed by atoms with van der Waals surface area (Å²) in [6, 6.07) is 1.78. The number of phenols is 2. The highest BCUT2D eigenvalue weighted by Gasteiger charge is 2.37. The number of thiol groups is 1. The van der Waals surface area contributed by atoms with E-state index in [9.17, 15) is 97.8 Å². The first-order valence-electron chi connectivity index (χ1n) is 27.7. The fraction of sp³-hybridized carbons (Fsp3) is 0.439. The summed E-state index contributed by atoms with van der Waals surface area (Å²) in [7, 11) is 0. The molecule has 0 radical (unpaired) electrons. The Bertz CT molecular complexity index is 2980. The van der Waals surface area contributed by atoms with E-state index in [1.54, 1.807) is 32.0 Å². The SMILES string of the molecule is CC[C@H](C)[C@H](NC(=O)[C@@H](N)CC(=O)O)C(=O)N[C@@H](Cc1ccc(O)cc1)C(=O)N[C@@H](CS)C(=O)N[C@@H](Cc1ccc(O)cc1)C(=O)N[C@@H](CCC(=O)O)C(=O)N[C@@H](CCC(=O)O)C(=O)N[C@@H](Cc1ccccc1)C(=O)N[C@@H](CO)C(=O)N[C@H](C=O)CC(=O)O. The molecule has 0 spiro atoms. The summed E-state index contributed by atoms with van der Waals surface area (Å²) in [4.78, 5) is 183. The number of carbonyl (C=O) groups is 14. The number of nitrogens with one attached hydrogen (secondary N) is 9. The largest absolute Gasteiger partial charge is 0.508 e. The molecule has 32 heteroatoms. The van der Waals surface area contributed by atoms with Gasteiger partial charge in [-0.2, -0.15) is 12.6 Å². The second kappa shape index (κ2) is 37.1. The van der Waals surface area contributed by atoms with Gasteiger partial charge in [0.05, 0.1) is 31.5 Å². The fourth-order valence-corrected chi connectivity index (χ4v) is 8.67. The van der Waals surface area contributed by atoms with Gasteiger partial charge in [0.15, 0.2) is 0 Å². The molecule has 484 valence electrons. The minimum absolute atomic E-state index is 0.110.